The van der Waals surface area contributed by atoms with Crippen LogP contribution in [0.1, 0.15) is 0 Å². The van der Waals surface area contributed by atoms with Crippen molar-refractivity contribution in [1.29, 1.82) is 0 Å². The highest BCUT2D eigenvalue weighted by Crippen LogP contribution is 2.08. The minimum absolute atomic E-state index is 0.370. The molecule has 2 heterocycles. The van der Waals surface area contributed by atoms with Gasteiger partial charge in [-0.05, 0) is 0 Å². The minimum atomic E-state index is -0.370. The van der Waals surface area contributed by atoms with Crippen molar-refractivity contribution in [1.82, 2.24) is 19.9 Å². The molecule has 0 atom stereocenters. The lowest BCUT2D eigenvalue weighted by Crippen LogP contribution is -2.50. The van der Waals surface area contributed by atoms with Crippen molar-refractivity contribution in [2.24, 2.45) is 5.73 Å². The molecule has 1 aliphatic rings. The molecule has 0 unspecified atom stereocenters. The quantitative estimate of drug-likeness (QED) is 0.644. The van der Waals surface area contributed by atoms with Gasteiger partial charge in [-0.25, -0.2) is 19.7 Å². The van der Waals surface area contributed by atoms with Gasteiger partial charge < -0.3 is 15.5 Å². The summed E-state index contributed by atoms with van der Waals surface area (Å²) in [5, 5.41) is 0. The average molecular weight is 208 g/mol. The van der Waals surface area contributed by atoms with E-state index in [-0.39, 0.29) is 6.03 Å². The van der Waals surface area contributed by atoms with Crippen LogP contribution in [0.4, 0.5) is 10.7 Å². The van der Waals surface area contributed by atoms with Gasteiger partial charge in [-0.15, -0.1) is 0 Å². The molecule has 1 fully saturated rings. The van der Waals surface area contributed by atoms with Gasteiger partial charge in [0.05, 0.1) is 0 Å². The number of nitrogens with zero attached hydrogens (tertiary/aromatic N) is 5. The smallest absolute Gasteiger partial charge is 0.314 e. The maximum absolute atomic E-state index is 10.9. The number of nitrogens with two attached hydrogens (primary N) is 1. The van der Waals surface area contributed by atoms with E-state index < -0.39 is 0 Å². The van der Waals surface area contributed by atoms with E-state index in [0.717, 1.165) is 0 Å². The fraction of sp³-hybridized carbons (Fsp3) is 0.500. The summed E-state index contributed by atoms with van der Waals surface area (Å²) < 4.78 is 0. The van der Waals surface area contributed by atoms with Crippen molar-refractivity contribution in [2.75, 3.05) is 31.1 Å². The topological polar surface area (TPSA) is 88.2 Å². The van der Waals surface area contributed by atoms with Crippen molar-refractivity contribution in [2.45, 2.75) is 0 Å². The number of amides is 2. The van der Waals surface area contributed by atoms with Gasteiger partial charge in [-0.2, -0.15) is 0 Å². The summed E-state index contributed by atoms with van der Waals surface area (Å²) in [7, 11) is 0. The zero-order valence-corrected chi connectivity index (χ0v) is 8.20. The Morgan fingerprint density at radius 3 is 2.33 bits per heavy atom. The van der Waals surface area contributed by atoms with E-state index in [1.165, 1.54) is 12.7 Å². The van der Waals surface area contributed by atoms with E-state index in [4.69, 9.17) is 5.73 Å². The van der Waals surface area contributed by atoms with Crippen LogP contribution in [0.25, 0.3) is 0 Å². The van der Waals surface area contributed by atoms with Crippen LogP contribution >= 0.6 is 0 Å². The Morgan fingerprint density at radius 1 is 1.20 bits per heavy atom. The molecule has 1 aromatic rings. The number of aromatic nitrogens is 3. The molecule has 7 heteroatoms. The molecule has 2 rings (SSSR count). The van der Waals surface area contributed by atoms with Crippen molar-refractivity contribution >= 4 is 12.0 Å². The second kappa shape index (κ2) is 4.07. The molecule has 0 spiro atoms. The van der Waals surface area contributed by atoms with E-state index in [1.54, 1.807) is 4.90 Å². The van der Waals surface area contributed by atoms with Gasteiger partial charge in [0.25, 0.3) is 0 Å². The summed E-state index contributed by atoms with van der Waals surface area (Å²) in [5.74, 6) is 0.647. The molecule has 0 saturated carbocycles. The third kappa shape index (κ3) is 2.12. The highest BCUT2D eigenvalue weighted by atomic mass is 16.2. The number of carbonyl (C=O) groups excluding carboxylic acids is 1. The zero-order valence-electron chi connectivity index (χ0n) is 8.20. The molecule has 15 heavy (non-hydrogen) atoms. The first-order valence-corrected chi connectivity index (χ1v) is 4.68. The Kier molecular flexibility index (Phi) is 2.61. The number of rotatable bonds is 1. The van der Waals surface area contributed by atoms with Gasteiger partial charge in [0.1, 0.15) is 12.7 Å². The number of piperazine rings is 1. The molecule has 2 amide bonds. The van der Waals surface area contributed by atoms with Crippen LogP contribution in [0.3, 0.4) is 0 Å². The predicted molar refractivity (Wildman–Crippen MR) is 53.2 cm³/mol. The van der Waals surface area contributed by atoms with Crippen LogP contribution in [-0.2, 0) is 0 Å². The largest absolute Gasteiger partial charge is 0.351 e. The molecule has 1 aliphatic heterocycles. The third-order valence-corrected chi connectivity index (χ3v) is 2.35. The lowest BCUT2D eigenvalue weighted by Gasteiger charge is -2.33. The molecule has 1 aromatic heterocycles. The molecule has 0 bridgehead atoms. The highest BCUT2D eigenvalue weighted by molar-refractivity contribution is 5.72. The second-order valence-corrected chi connectivity index (χ2v) is 3.25. The predicted octanol–water partition coefficient (Wildman–Crippen LogP) is -0.928. The first kappa shape index (κ1) is 9.63. The van der Waals surface area contributed by atoms with Gasteiger partial charge in [0.15, 0.2) is 0 Å². The summed E-state index contributed by atoms with van der Waals surface area (Å²) in [4.78, 5) is 26.3. The second-order valence-electron chi connectivity index (χ2n) is 3.25. The molecule has 7 nitrogen and oxygen atoms in total. The molecular formula is C8H12N6O. The molecule has 0 radical (unpaired) electrons. The normalized spacial score (nSPS) is 16.5. The van der Waals surface area contributed by atoms with Crippen LogP contribution in [0.2, 0.25) is 0 Å². The van der Waals surface area contributed by atoms with Crippen molar-refractivity contribution < 1.29 is 4.79 Å². The standard InChI is InChI=1S/C8H12N6O/c9-7(15)13-1-3-14(4-2-13)8-11-5-10-6-12-8/h5-6H,1-4H2,(H2,9,15). The molecule has 2 N–H and O–H groups in total. The molecule has 1 saturated heterocycles. The Balaban J connectivity index is 1.97. The van der Waals surface area contributed by atoms with Gasteiger partial charge in [-0.1, -0.05) is 0 Å². The Morgan fingerprint density at radius 2 is 1.80 bits per heavy atom. The fourth-order valence-electron chi connectivity index (χ4n) is 1.52. The number of hydrogen-bond acceptors (Lipinski definition) is 5. The van der Waals surface area contributed by atoms with E-state index in [2.05, 4.69) is 15.0 Å². The van der Waals surface area contributed by atoms with Crippen LogP contribution in [0, 0.1) is 0 Å². The highest BCUT2D eigenvalue weighted by Gasteiger charge is 2.20. The van der Waals surface area contributed by atoms with Gasteiger partial charge in [0, 0.05) is 26.2 Å². The summed E-state index contributed by atoms with van der Waals surface area (Å²) >= 11 is 0. The van der Waals surface area contributed by atoms with E-state index in [0.29, 0.717) is 32.1 Å². The molecule has 0 aromatic carbocycles. The monoisotopic (exact) mass is 208 g/mol. The van der Waals surface area contributed by atoms with Crippen LogP contribution in [0.5, 0.6) is 0 Å². The van der Waals surface area contributed by atoms with Gasteiger partial charge >= 0.3 is 6.03 Å². The first-order valence-electron chi connectivity index (χ1n) is 4.68. The van der Waals surface area contributed by atoms with Gasteiger partial charge in [-0.3, -0.25) is 0 Å². The number of primary amides is 1. The van der Waals surface area contributed by atoms with Crippen LogP contribution < -0.4 is 10.6 Å². The van der Waals surface area contributed by atoms with Crippen molar-refractivity contribution in [3.63, 3.8) is 0 Å². The lowest BCUT2D eigenvalue weighted by molar-refractivity contribution is 0.204. The van der Waals surface area contributed by atoms with Crippen molar-refractivity contribution in [3.05, 3.63) is 12.7 Å². The number of carbonyl (C=O) groups is 1. The average Bonchev–Trinajstić information content (AvgIpc) is 2.30. The molecular weight excluding hydrogens is 196 g/mol. The SMILES string of the molecule is NC(=O)N1CCN(c2ncncn2)CC1. The summed E-state index contributed by atoms with van der Waals surface area (Å²) in [5.41, 5.74) is 5.18. The summed E-state index contributed by atoms with van der Waals surface area (Å²) in [6.07, 6.45) is 2.92. The number of anilines is 1. The number of urea groups is 1. The lowest BCUT2D eigenvalue weighted by atomic mass is 10.3. The van der Waals surface area contributed by atoms with Crippen LogP contribution in [-0.4, -0.2) is 52.1 Å². The molecule has 80 valence electrons. The van der Waals surface area contributed by atoms with E-state index >= 15 is 0 Å². The number of hydrogen-bond donors (Lipinski definition) is 1. The first-order chi connectivity index (χ1) is 7.27. The maximum Gasteiger partial charge on any atom is 0.314 e. The van der Waals surface area contributed by atoms with Crippen LogP contribution in [0.15, 0.2) is 12.7 Å². The van der Waals surface area contributed by atoms with E-state index in [9.17, 15) is 4.79 Å². The maximum atomic E-state index is 10.9. The minimum Gasteiger partial charge on any atom is -0.351 e. The van der Waals surface area contributed by atoms with E-state index in [1.807, 2.05) is 4.90 Å². The Hall–Kier alpha value is -1.92. The summed E-state index contributed by atoms with van der Waals surface area (Å²) in [6.45, 7) is 2.63. The Bertz CT molecular complexity index is 334. The van der Waals surface area contributed by atoms with Crippen molar-refractivity contribution in [3.8, 4) is 0 Å². The third-order valence-electron chi connectivity index (χ3n) is 2.35. The zero-order chi connectivity index (χ0) is 10.7. The Labute approximate surface area is 86.9 Å². The van der Waals surface area contributed by atoms with Gasteiger partial charge in [0.2, 0.25) is 5.95 Å². The fourth-order valence-corrected chi connectivity index (χ4v) is 1.52. The molecule has 0 aliphatic carbocycles. The summed E-state index contributed by atoms with van der Waals surface area (Å²) in [6, 6.07) is -0.370.